The molecule has 0 fully saturated rings. The van der Waals surface area contributed by atoms with Gasteiger partial charge in [0.15, 0.2) is 0 Å². The van der Waals surface area contributed by atoms with Gasteiger partial charge in [0, 0.05) is 0 Å². The molecular formula is C15H14O. The number of fused-ring (bicyclic) bond motifs is 1. The number of aliphatic hydroxyl groups is 1. The minimum Gasteiger partial charge on any atom is -0.388 e. The van der Waals surface area contributed by atoms with Crippen molar-refractivity contribution in [3.8, 4) is 11.1 Å². The van der Waals surface area contributed by atoms with Crippen LogP contribution in [-0.2, 0) is 6.42 Å². The number of aliphatic hydroxyl groups excluding tert-OH is 1. The lowest BCUT2D eigenvalue weighted by atomic mass is 9.97. The van der Waals surface area contributed by atoms with Crippen molar-refractivity contribution in [2.45, 2.75) is 18.9 Å². The summed E-state index contributed by atoms with van der Waals surface area (Å²) >= 11 is 0. The van der Waals surface area contributed by atoms with Gasteiger partial charge in [-0.05, 0) is 35.1 Å². The quantitative estimate of drug-likeness (QED) is 0.765. The molecule has 0 saturated carbocycles. The Morgan fingerprint density at radius 3 is 2.56 bits per heavy atom. The third-order valence-corrected chi connectivity index (χ3v) is 3.32. The molecule has 0 aliphatic heterocycles. The molecule has 1 heteroatoms. The summed E-state index contributed by atoms with van der Waals surface area (Å²) in [6.07, 6.45) is 1.58. The Hall–Kier alpha value is -1.60. The largest absolute Gasteiger partial charge is 0.388 e. The Morgan fingerprint density at radius 2 is 1.75 bits per heavy atom. The summed E-state index contributed by atoms with van der Waals surface area (Å²) < 4.78 is 0. The SMILES string of the molecule is OC1CCc2c(-c3ccccc3)cccc21. The van der Waals surface area contributed by atoms with Gasteiger partial charge >= 0.3 is 0 Å². The predicted molar refractivity (Wildman–Crippen MR) is 65.2 cm³/mol. The third-order valence-electron chi connectivity index (χ3n) is 3.32. The van der Waals surface area contributed by atoms with E-state index in [1.807, 2.05) is 18.2 Å². The molecule has 2 aromatic rings. The van der Waals surface area contributed by atoms with E-state index in [-0.39, 0.29) is 6.10 Å². The van der Waals surface area contributed by atoms with Crippen LogP contribution in [0, 0.1) is 0 Å². The van der Waals surface area contributed by atoms with E-state index in [1.165, 1.54) is 16.7 Å². The van der Waals surface area contributed by atoms with Crippen molar-refractivity contribution in [3.63, 3.8) is 0 Å². The number of rotatable bonds is 1. The van der Waals surface area contributed by atoms with E-state index in [9.17, 15) is 5.11 Å². The highest BCUT2D eigenvalue weighted by Gasteiger charge is 2.22. The van der Waals surface area contributed by atoms with Gasteiger partial charge < -0.3 is 5.11 Å². The molecule has 3 rings (SSSR count). The van der Waals surface area contributed by atoms with Crippen LogP contribution < -0.4 is 0 Å². The third kappa shape index (κ3) is 1.44. The van der Waals surface area contributed by atoms with Gasteiger partial charge in [-0.1, -0.05) is 48.5 Å². The molecule has 1 aliphatic rings. The molecule has 1 aliphatic carbocycles. The van der Waals surface area contributed by atoms with Crippen LogP contribution in [0.25, 0.3) is 11.1 Å². The van der Waals surface area contributed by atoms with E-state index in [0.717, 1.165) is 18.4 Å². The second-order valence-corrected chi connectivity index (χ2v) is 4.29. The molecule has 2 aromatic carbocycles. The Balaban J connectivity index is 2.17. The van der Waals surface area contributed by atoms with E-state index in [4.69, 9.17) is 0 Å². The number of benzene rings is 2. The predicted octanol–water partition coefficient (Wildman–Crippen LogP) is 3.33. The first-order valence-electron chi connectivity index (χ1n) is 5.71. The molecule has 0 saturated heterocycles. The molecule has 1 N–H and O–H groups in total. The number of hydrogen-bond donors (Lipinski definition) is 1. The molecule has 1 unspecified atom stereocenters. The van der Waals surface area contributed by atoms with Gasteiger partial charge in [0.05, 0.1) is 6.10 Å². The molecule has 0 amide bonds. The summed E-state index contributed by atoms with van der Waals surface area (Å²) in [5, 5.41) is 9.85. The maximum atomic E-state index is 9.85. The van der Waals surface area contributed by atoms with Crippen LogP contribution in [0.1, 0.15) is 23.7 Å². The van der Waals surface area contributed by atoms with Crippen LogP contribution in [-0.4, -0.2) is 5.11 Å². The Kier molecular flexibility index (Phi) is 2.26. The molecule has 0 heterocycles. The zero-order valence-electron chi connectivity index (χ0n) is 9.06. The number of hydrogen-bond acceptors (Lipinski definition) is 1. The lowest BCUT2D eigenvalue weighted by Crippen LogP contribution is -1.91. The zero-order valence-corrected chi connectivity index (χ0v) is 9.06. The highest BCUT2D eigenvalue weighted by Crippen LogP contribution is 2.37. The van der Waals surface area contributed by atoms with Gasteiger partial charge in [0.1, 0.15) is 0 Å². The summed E-state index contributed by atoms with van der Waals surface area (Å²) in [6.45, 7) is 0. The Bertz CT molecular complexity index is 502. The standard InChI is InChI=1S/C15H14O/c16-15-10-9-13-12(7-4-8-14(13)15)11-5-2-1-3-6-11/h1-8,15-16H,9-10H2. The van der Waals surface area contributed by atoms with Crippen molar-refractivity contribution in [3.05, 3.63) is 59.7 Å². The van der Waals surface area contributed by atoms with E-state index in [1.54, 1.807) is 0 Å². The van der Waals surface area contributed by atoms with Crippen LogP contribution in [0.4, 0.5) is 0 Å². The second-order valence-electron chi connectivity index (χ2n) is 4.29. The molecule has 0 aromatic heterocycles. The monoisotopic (exact) mass is 210 g/mol. The molecular weight excluding hydrogens is 196 g/mol. The summed E-state index contributed by atoms with van der Waals surface area (Å²) in [7, 11) is 0. The Morgan fingerprint density at radius 1 is 0.938 bits per heavy atom. The molecule has 16 heavy (non-hydrogen) atoms. The first-order chi connectivity index (χ1) is 7.86. The van der Waals surface area contributed by atoms with Crippen molar-refractivity contribution >= 4 is 0 Å². The van der Waals surface area contributed by atoms with Crippen LogP contribution in [0.15, 0.2) is 48.5 Å². The van der Waals surface area contributed by atoms with Crippen LogP contribution in [0.3, 0.4) is 0 Å². The fraction of sp³-hybridized carbons (Fsp3) is 0.200. The highest BCUT2D eigenvalue weighted by molar-refractivity contribution is 5.69. The summed E-state index contributed by atoms with van der Waals surface area (Å²) in [5.41, 5.74) is 4.95. The molecule has 80 valence electrons. The molecule has 0 bridgehead atoms. The van der Waals surface area contributed by atoms with Gasteiger partial charge in [-0.3, -0.25) is 0 Å². The summed E-state index contributed by atoms with van der Waals surface area (Å²) in [5.74, 6) is 0. The molecule has 0 spiro atoms. The first kappa shape index (κ1) is 9.61. The normalized spacial score (nSPS) is 18.4. The van der Waals surface area contributed by atoms with Gasteiger partial charge in [-0.2, -0.15) is 0 Å². The van der Waals surface area contributed by atoms with Crippen molar-refractivity contribution in [2.24, 2.45) is 0 Å². The van der Waals surface area contributed by atoms with E-state index >= 15 is 0 Å². The van der Waals surface area contributed by atoms with Crippen LogP contribution in [0.5, 0.6) is 0 Å². The van der Waals surface area contributed by atoms with E-state index < -0.39 is 0 Å². The molecule has 1 nitrogen and oxygen atoms in total. The fourth-order valence-electron chi connectivity index (χ4n) is 2.52. The summed E-state index contributed by atoms with van der Waals surface area (Å²) in [4.78, 5) is 0. The maximum absolute atomic E-state index is 9.85. The topological polar surface area (TPSA) is 20.2 Å². The van der Waals surface area contributed by atoms with E-state index in [0.29, 0.717) is 0 Å². The van der Waals surface area contributed by atoms with Gasteiger partial charge in [0.2, 0.25) is 0 Å². The minimum absolute atomic E-state index is 0.265. The smallest absolute Gasteiger partial charge is 0.0796 e. The van der Waals surface area contributed by atoms with Crippen LogP contribution >= 0.6 is 0 Å². The second kappa shape index (κ2) is 3.76. The Labute approximate surface area is 95.4 Å². The van der Waals surface area contributed by atoms with Crippen molar-refractivity contribution < 1.29 is 5.11 Å². The van der Waals surface area contributed by atoms with Gasteiger partial charge in [0.25, 0.3) is 0 Å². The van der Waals surface area contributed by atoms with Crippen molar-refractivity contribution in [1.29, 1.82) is 0 Å². The van der Waals surface area contributed by atoms with Crippen LogP contribution in [0.2, 0.25) is 0 Å². The van der Waals surface area contributed by atoms with Gasteiger partial charge in [-0.15, -0.1) is 0 Å². The van der Waals surface area contributed by atoms with Gasteiger partial charge in [-0.25, -0.2) is 0 Å². The lowest BCUT2D eigenvalue weighted by Gasteiger charge is -2.09. The van der Waals surface area contributed by atoms with Crippen molar-refractivity contribution in [1.82, 2.24) is 0 Å². The zero-order chi connectivity index (χ0) is 11.0. The molecule has 1 atom stereocenters. The fourth-order valence-corrected chi connectivity index (χ4v) is 2.52. The average Bonchev–Trinajstić information content (AvgIpc) is 2.73. The lowest BCUT2D eigenvalue weighted by molar-refractivity contribution is 0.180. The minimum atomic E-state index is -0.265. The highest BCUT2D eigenvalue weighted by atomic mass is 16.3. The first-order valence-corrected chi connectivity index (χ1v) is 5.71. The van der Waals surface area contributed by atoms with Crippen molar-refractivity contribution in [2.75, 3.05) is 0 Å². The van der Waals surface area contributed by atoms with E-state index in [2.05, 4.69) is 30.3 Å². The maximum Gasteiger partial charge on any atom is 0.0796 e. The average molecular weight is 210 g/mol. The summed E-state index contributed by atoms with van der Waals surface area (Å²) in [6, 6.07) is 16.6. The molecule has 0 radical (unpaired) electrons.